The Labute approximate surface area is 178 Å². The molecule has 0 spiro atoms. The second kappa shape index (κ2) is 10.9. The highest BCUT2D eigenvalue weighted by Crippen LogP contribution is 2.37. The maximum atomic E-state index is 6.14. The van der Waals surface area contributed by atoms with Crippen LogP contribution in [-0.2, 0) is 13.2 Å². The zero-order valence-corrected chi connectivity index (χ0v) is 18.7. The van der Waals surface area contributed by atoms with E-state index in [-0.39, 0.29) is 0 Å². The van der Waals surface area contributed by atoms with E-state index in [2.05, 4.69) is 64.6 Å². The van der Waals surface area contributed by atoms with Gasteiger partial charge in [-0.2, -0.15) is 0 Å². The molecule has 0 radical (unpaired) electrons. The van der Waals surface area contributed by atoms with Crippen molar-refractivity contribution in [2.75, 3.05) is 6.61 Å². The van der Waals surface area contributed by atoms with Gasteiger partial charge in [-0.15, -0.1) is 0 Å². The highest BCUT2D eigenvalue weighted by atomic mass is 79.9. The lowest BCUT2D eigenvalue weighted by Gasteiger charge is -2.19. The second-order valence-corrected chi connectivity index (χ2v) is 8.54. The lowest BCUT2D eigenvalue weighted by Crippen LogP contribution is -2.27. The van der Waals surface area contributed by atoms with E-state index in [1.165, 1.54) is 49.7 Å². The monoisotopic (exact) mass is 445 g/mol. The Morgan fingerprint density at radius 1 is 1.00 bits per heavy atom. The van der Waals surface area contributed by atoms with Gasteiger partial charge >= 0.3 is 0 Å². The molecule has 1 saturated carbocycles. The van der Waals surface area contributed by atoms with Crippen LogP contribution in [0.15, 0.2) is 40.9 Å². The summed E-state index contributed by atoms with van der Waals surface area (Å²) in [5.74, 6) is 1.59. The maximum absolute atomic E-state index is 6.14. The van der Waals surface area contributed by atoms with Crippen molar-refractivity contribution in [1.29, 1.82) is 0 Å². The van der Waals surface area contributed by atoms with Crippen LogP contribution in [0.1, 0.15) is 62.1 Å². The third-order valence-electron chi connectivity index (χ3n) is 5.28. The number of halogens is 1. The predicted molar refractivity (Wildman–Crippen MR) is 119 cm³/mol. The van der Waals surface area contributed by atoms with Crippen molar-refractivity contribution < 1.29 is 9.47 Å². The van der Waals surface area contributed by atoms with Crippen LogP contribution in [0.25, 0.3) is 0 Å². The normalized spacial score (nSPS) is 15.2. The minimum atomic E-state index is 0.528. The van der Waals surface area contributed by atoms with Crippen molar-refractivity contribution in [3.05, 3.63) is 57.6 Å². The van der Waals surface area contributed by atoms with E-state index in [9.17, 15) is 0 Å². The van der Waals surface area contributed by atoms with E-state index in [0.29, 0.717) is 19.3 Å². The molecule has 28 heavy (non-hydrogen) atoms. The van der Waals surface area contributed by atoms with Crippen LogP contribution in [0, 0.1) is 6.92 Å². The van der Waals surface area contributed by atoms with Gasteiger partial charge in [-0.1, -0.05) is 55.5 Å². The number of nitrogens with one attached hydrogen (secondary N) is 1. The summed E-state index contributed by atoms with van der Waals surface area (Å²) >= 11 is 3.70. The number of hydrogen-bond acceptors (Lipinski definition) is 3. The summed E-state index contributed by atoms with van der Waals surface area (Å²) in [6.07, 6.45) is 8.03. The first-order valence-corrected chi connectivity index (χ1v) is 11.3. The fraction of sp³-hybridized carbons (Fsp3) is 0.500. The molecule has 1 aliphatic rings. The molecule has 1 fully saturated rings. The Morgan fingerprint density at radius 3 is 2.50 bits per heavy atom. The first-order valence-electron chi connectivity index (χ1n) is 10.5. The van der Waals surface area contributed by atoms with Gasteiger partial charge in [0.15, 0.2) is 11.5 Å². The molecule has 0 atom stereocenters. The molecule has 0 bridgehead atoms. The van der Waals surface area contributed by atoms with E-state index in [1.807, 2.05) is 6.92 Å². The van der Waals surface area contributed by atoms with Gasteiger partial charge in [0.1, 0.15) is 6.61 Å². The standard InChI is InChI=1S/C24H32BrNO2/c1-3-27-23-15-20(16-26-21-11-6-4-5-7-12-21)14-22(25)24(23)28-17-19-10-8-9-18(2)13-19/h8-10,13-15,21,26H,3-7,11-12,16-17H2,1-2H3. The zero-order chi connectivity index (χ0) is 19.8. The Bertz CT molecular complexity index is 754. The fourth-order valence-corrected chi connectivity index (χ4v) is 4.43. The summed E-state index contributed by atoms with van der Waals surface area (Å²) in [7, 11) is 0. The van der Waals surface area contributed by atoms with Crippen molar-refractivity contribution in [3.8, 4) is 11.5 Å². The van der Waals surface area contributed by atoms with Gasteiger partial charge in [0.2, 0.25) is 0 Å². The van der Waals surface area contributed by atoms with Crippen LogP contribution in [0.3, 0.4) is 0 Å². The third kappa shape index (κ3) is 6.25. The van der Waals surface area contributed by atoms with Crippen LogP contribution >= 0.6 is 15.9 Å². The van der Waals surface area contributed by atoms with E-state index in [4.69, 9.17) is 9.47 Å². The first-order chi connectivity index (χ1) is 13.7. The number of hydrogen-bond donors (Lipinski definition) is 1. The third-order valence-corrected chi connectivity index (χ3v) is 5.87. The molecule has 2 aromatic rings. The summed E-state index contributed by atoms with van der Waals surface area (Å²) in [5, 5.41) is 3.74. The zero-order valence-electron chi connectivity index (χ0n) is 17.1. The molecular formula is C24H32BrNO2. The van der Waals surface area contributed by atoms with E-state index < -0.39 is 0 Å². The molecule has 3 rings (SSSR count). The van der Waals surface area contributed by atoms with E-state index in [1.54, 1.807) is 0 Å². The summed E-state index contributed by atoms with van der Waals surface area (Å²) in [6, 6.07) is 13.3. The maximum Gasteiger partial charge on any atom is 0.175 e. The fourth-order valence-electron chi connectivity index (χ4n) is 3.83. The first kappa shape index (κ1) is 21.2. The molecule has 1 aliphatic carbocycles. The van der Waals surface area contributed by atoms with Gasteiger partial charge in [0.05, 0.1) is 11.1 Å². The molecule has 0 aromatic heterocycles. The highest BCUT2D eigenvalue weighted by Gasteiger charge is 2.15. The summed E-state index contributed by atoms with van der Waals surface area (Å²) in [4.78, 5) is 0. The topological polar surface area (TPSA) is 30.5 Å². The van der Waals surface area contributed by atoms with Gasteiger partial charge in [0.25, 0.3) is 0 Å². The summed E-state index contributed by atoms with van der Waals surface area (Å²) in [6.45, 7) is 6.12. The molecule has 0 unspecified atom stereocenters. The average molecular weight is 446 g/mol. The number of rotatable bonds is 8. The quantitative estimate of drug-likeness (QED) is 0.467. The van der Waals surface area contributed by atoms with Crippen LogP contribution in [0.4, 0.5) is 0 Å². The SMILES string of the molecule is CCOc1cc(CNC2CCCCCC2)cc(Br)c1OCc1cccc(C)c1. The Kier molecular flexibility index (Phi) is 8.23. The molecule has 0 heterocycles. The van der Waals surface area contributed by atoms with Crippen LogP contribution < -0.4 is 14.8 Å². The van der Waals surface area contributed by atoms with Gasteiger partial charge in [0, 0.05) is 12.6 Å². The van der Waals surface area contributed by atoms with E-state index in [0.717, 1.165) is 28.1 Å². The minimum Gasteiger partial charge on any atom is -0.490 e. The molecule has 4 heteroatoms. The molecule has 152 valence electrons. The lowest BCUT2D eigenvalue weighted by molar-refractivity contribution is 0.267. The highest BCUT2D eigenvalue weighted by molar-refractivity contribution is 9.10. The molecule has 0 saturated heterocycles. The molecular weight excluding hydrogens is 414 g/mol. The molecule has 0 amide bonds. The molecule has 3 nitrogen and oxygen atoms in total. The van der Waals surface area contributed by atoms with Gasteiger partial charge < -0.3 is 14.8 Å². The predicted octanol–water partition coefficient (Wildman–Crippen LogP) is 6.55. The smallest absolute Gasteiger partial charge is 0.175 e. The summed E-state index contributed by atoms with van der Waals surface area (Å²) in [5.41, 5.74) is 3.63. The molecule has 0 aliphatic heterocycles. The average Bonchev–Trinajstić information content (AvgIpc) is 2.95. The van der Waals surface area contributed by atoms with Crippen molar-refractivity contribution in [1.82, 2.24) is 5.32 Å². The van der Waals surface area contributed by atoms with Gasteiger partial charge in [-0.05, 0) is 65.9 Å². The Hall–Kier alpha value is -1.52. The second-order valence-electron chi connectivity index (χ2n) is 7.69. The number of benzene rings is 2. The van der Waals surface area contributed by atoms with Crippen LogP contribution in [-0.4, -0.2) is 12.6 Å². The van der Waals surface area contributed by atoms with Gasteiger partial charge in [-0.3, -0.25) is 0 Å². The molecule has 2 aromatic carbocycles. The number of ether oxygens (including phenoxy) is 2. The van der Waals surface area contributed by atoms with Crippen molar-refractivity contribution in [2.45, 2.75) is 71.6 Å². The Morgan fingerprint density at radius 2 is 1.79 bits per heavy atom. The summed E-state index contributed by atoms with van der Waals surface area (Å²) < 4.78 is 13.0. The van der Waals surface area contributed by atoms with Crippen molar-refractivity contribution >= 4 is 15.9 Å². The van der Waals surface area contributed by atoms with Crippen LogP contribution in [0.5, 0.6) is 11.5 Å². The van der Waals surface area contributed by atoms with Crippen molar-refractivity contribution in [3.63, 3.8) is 0 Å². The minimum absolute atomic E-state index is 0.528. The van der Waals surface area contributed by atoms with Gasteiger partial charge in [-0.25, -0.2) is 0 Å². The molecule has 1 N–H and O–H groups in total. The van der Waals surface area contributed by atoms with Crippen molar-refractivity contribution in [2.24, 2.45) is 0 Å². The lowest BCUT2D eigenvalue weighted by atomic mass is 10.1. The largest absolute Gasteiger partial charge is 0.490 e. The van der Waals surface area contributed by atoms with E-state index >= 15 is 0 Å². The van der Waals surface area contributed by atoms with Crippen LogP contribution in [0.2, 0.25) is 0 Å². The Balaban J connectivity index is 1.68. The number of aryl methyl sites for hydroxylation is 1.